The molecule has 132 valence electrons. The molecule has 6 heteroatoms. The lowest BCUT2D eigenvalue weighted by molar-refractivity contribution is 0.340. The van der Waals surface area contributed by atoms with E-state index < -0.39 is 0 Å². The van der Waals surface area contributed by atoms with Gasteiger partial charge in [-0.05, 0) is 55.5 Å². The lowest BCUT2D eigenvalue weighted by Gasteiger charge is -2.11. The Morgan fingerprint density at radius 3 is 2.71 bits per heavy atom. The molecule has 0 radical (unpaired) electrons. The second-order valence-electron chi connectivity index (χ2n) is 5.16. The lowest BCUT2D eigenvalue weighted by atomic mass is 10.2. The van der Waals surface area contributed by atoms with Crippen molar-refractivity contribution in [3.8, 4) is 5.75 Å². The summed E-state index contributed by atoms with van der Waals surface area (Å²) in [4.78, 5) is 6.00. The van der Waals surface area contributed by atoms with Gasteiger partial charge in [-0.1, -0.05) is 12.1 Å². The van der Waals surface area contributed by atoms with Gasteiger partial charge in [-0.15, -0.1) is 35.3 Å². The minimum Gasteiger partial charge on any atom is -0.494 e. The number of rotatable bonds is 7. The molecule has 0 aliphatic rings. The van der Waals surface area contributed by atoms with Gasteiger partial charge >= 0.3 is 0 Å². The fourth-order valence-corrected chi connectivity index (χ4v) is 3.01. The maximum Gasteiger partial charge on any atom is 0.191 e. The number of hydrogen-bond acceptors (Lipinski definition) is 3. The largest absolute Gasteiger partial charge is 0.494 e. The van der Waals surface area contributed by atoms with Gasteiger partial charge in [0.1, 0.15) is 5.75 Å². The highest BCUT2D eigenvalue weighted by molar-refractivity contribution is 14.0. The Labute approximate surface area is 165 Å². The molecule has 0 spiro atoms. The Morgan fingerprint density at radius 2 is 2.04 bits per heavy atom. The van der Waals surface area contributed by atoms with Crippen LogP contribution < -0.4 is 15.4 Å². The van der Waals surface area contributed by atoms with Gasteiger partial charge in [0, 0.05) is 11.4 Å². The van der Waals surface area contributed by atoms with E-state index in [4.69, 9.17) is 4.74 Å². The van der Waals surface area contributed by atoms with Crippen LogP contribution in [0.15, 0.2) is 40.7 Å². The summed E-state index contributed by atoms with van der Waals surface area (Å²) in [7, 11) is 0. The SMILES string of the molecule is CCNC(=NCc1cccc(OCC)c1)NCc1sccc1C.I. The standard InChI is InChI=1S/C18H25N3OS.HI/c1-4-19-18(21-13-17-14(3)9-10-23-17)20-12-15-7-6-8-16(11-15)22-5-2;/h6-11H,4-5,12-13H2,1-3H3,(H2,19,20,21);1H. The van der Waals surface area contributed by atoms with Crippen molar-refractivity contribution < 1.29 is 4.74 Å². The molecule has 1 aromatic heterocycles. The summed E-state index contributed by atoms with van der Waals surface area (Å²) in [5.41, 5.74) is 2.46. The van der Waals surface area contributed by atoms with Crippen LogP contribution in [0.1, 0.15) is 29.9 Å². The van der Waals surface area contributed by atoms with Gasteiger partial charge in [-0.3, -0.25) is 0 Å². The van der Waals surface area contributed by atoms with Crippen molar-refractivity contribution >= 4 is 41.3 Å². The quantitative estimate of drug-likeness (QED) is 0.368. The minimum absolute atomic E-state index is 0. The molecule has 0 saturated heterocycles. The number of ether oxygens (including phenoxy) is 1. The number of halogens is 1. The smallest absolute Gasteiger partial charge is 0.191 e. The summed E-state index contributed by atoms with van der Waals surface area (Å²) in [6.07, 6.45) is 0. The third kappa shape index (κ3) is 6.68. The summed E-state index contributed by atoms with van der Waals surface area (Å²) >= 11 is 1.77. The molecule has 0 aliphatic carbocycles. The zero-order valence-electron chi connectivity index (χ0n) is 14.5. The van der Waals surface area contributed by atoms with Crippen LogP contribution in [0.25, 0.3) is 0 Å². The number of hydrogen-bond donors (Lipinski definition) is 2. The zero-order chi connectivity index (χ0) is 16.5. The maximum absolute atomic E-state index is 5.53. The molecule has 0 bridgehead atoms. The number of aliphatic imine (C=N–C) groups is 1. The Balaban J connectivity index is 0.00000288. The lowest BCUT2D eigenvalue weighted by Crippen LogP contribution is -2.36. The van der Waals surface area contributed by atoms with Crippen LogP contribution in [0.4, 0.5) is 0 Å². The van der Waals surface area contributed by atoms with E-state index in [0.29, 0.717) is 13.2 Å². The Hall–Kier alpha value is -1.28. The molecule has 4 nitrogen and oxygen atoms in total. The second kappa shape index (κ2) is 11.3. The predicted octanol–water partition coefficient (Wildman–Crippen LogP) is 4.33. The van der Waals surface area contributed by atoms with Crippen molar-refractivity contribution in [3.05, 3.63) is 51.7 Å². The van der Waals surface area contributed by atoms with Crippen molar-refractivity contribution in [1.29, 1.82) is 0 Å². The van der Waals surface area contributed by atoms with Gasteiger partial charge in [0.2, 0.25) is 0 Å². The van der Waals surface area contributed by atoms with Crippen molar-refractivity contribution in [2.24, 2.45) is 4.99 Å². The Kier molecular flexibility index (Phi) is 9.78. The number of benzene rings is 1. The monoisotopic (exact) mass is 459 g/mol. The molecule has 24 heavy (non-hydrogen) atoms. The predicted molar refractivity (Wildman–Crippen MR) is 114 cm³/mol. The van der Waals surface area contributed by atoms with Gasteiger partial charge < -0.3 is 15.4 Å². The highest BCUT2D eigenvalue weighted by Crippen LogP contribution is 2.15. The first kappa shape index (κ1) is 20.8. The molecule has 0 unspecified atom stereocenters. The van der Waals surface area contributed by atoms with Crippen LogP contribution >= 0.6 is 35.3 Å². The molecule has 0 fully saturated rings. The first-order valence-electron chi connectivity index (χ1n) is 7.99. The third-order valence-corrected chi connectivity index (χ3v) is 4.38. The van der Waals surface area contributed by atoms with Crippen LogP contribution in [0.2, 0.25) is 0 Å². The average molecular weight is 459 g/mol. The average Bonchev–Trinajstić information content (AvgIpc) is 2.96. The summed E-state index contributed by atoms with van der Waals surface area (Å²) in [5.74, 6) is 1.73. The van der Waals surface area contributed by atoms with E-state index >= 15 is 0 Å². The Morgan fingerprint density at radius 1 is 1.21 bits per heavy atom. The highest BCUT2D eigenvalue weighted by Gasteiger charge is 2.02. The van der Waals surface area contributed by atoms with Crippen LogP contribution in [0, 0.1) is 6.92 Å². The first-order valence-corrected chi connectivity index (χ1v) is 8.87. The molecule has 2 N–H and O–H groups in total. The van der Waals surface area contributed by atoms with Gasteiger partial charge in [-0.2, -0.15) is 0 Å². The van der Waals surface area contributed by atoms with Gasteiger partial charge in [0.05, 0.1) is 19.7 Å². The second-order valence-corrected chi connectivity index (χ2v) is 6.16. The number of aryl methyl sites for hydroxylation is 1. The molecule has 2 aromatic rings. The fraction of sp³-hybridized carbons (Fsp3) is 0.389. The van der Waals surface area contributed by atoms with E-state index in [1.54, 1.807) is 11.3 Å². The zero-order valence-corrected chi connectivity index (χ0v) is 17.6. The highest BCUT2D eigenvalue weighted by atomic mass is 127. The van der Waals surface area contributed by atoms with E-state index in [0.717, 1.165) is 30.4 Å². The third-order valence-electron chi connectivity index (χ3n) is 3.36. The summed E-state index contributed by atoms with van der Waals surface area (Å²) in [6, 6.07) is 10.2. The Bertz CT molecular complexity index is 643. The molecular weight excluding hydrogens is 433 g/mol. The van der Waals surface area contributed by atoms with Gasteiger partial charge in [0.15, 0.2) is 5.96 Å². The van der Waals surface area contributed by atoms with Crippen molar-refractivity contribution in [2.45, 2.75) is 33.9 Å². The summed E-state index contributed by atoms with van der Waals surface area (Å²) in [6.45, 7) is 9.14. The summed E-state index contributed by atoms with van der Waals surface area (Å²) < 4.78 is 5.53. The van der Waals surface area contributed by atoms with Crippen molar-refractivity contribution in [1.82, 2.24) is 10.6 Å². The van der Waals surface area contributed by atoms with Crippen LogP contribution in [-0.2, 0) is 13.1 Å². The molecule has 0 aliphatic heterocycles. The number of thiophene rings is 1. The minimum atomic E-state index is 0. The van der Waals surface area contributed by atoms with E-state index in [9.17, 15) is 0 Å². The van der Waals surface area contributed by atoms with E-state index in [-0.39, 0.29) is 24.0 Å². The van der Waals surface area contributed by atoms with Crippen molar-refractivity contribution in [3.63, 3.8) is 0 Å². The van der Waals surface area contributed by atoms with Gasteiger partial charge in [0.25, 0.3) is 0 Å². The number of guanidine groups is 1. The molecular formula is C18H26IN3OS. The maximum atomic E-state index is 5.53. The van der Waals surface area contributed by atoms with E-state index in [2.05, 4.69) is 47.0 Å². The number of nitrogens with zero attached hydrogens (tertiary/aromatic N) is 1. The molecule has 1 heterocycles. The molecule has 2 rings (SSSR count). The van der Waals surface area contributed by atoms with Crippen molar-refractivity contribution in [2.75, 3.05) is 13.2 Å². The molecule has 0 amide bonds. The molecule has 1 aromatic carbocycles. The molecule has 0 saturated carbocycles. The summed E-state index contributed by atoms with van der Waals surface area (Å²) in [5, 5.41) is 8.80. The van der Waals surface area contributed by atoms with Crippen LogP contribution in [0.3, 0.4) is 0 Å². The van der Waals surface area contributed by atoms with E-state index in [1.807, 2.05) is 25.1 Å². The number of nitrogens with one attached hydrogen (secondary N) is 2. The van der Waals surface area contributed by atoms with Gasteiger partial charge in [-0.25, -0.2) is 4.99 Å². The van der Waals surface area contributed by atoms with Crippen LogP contribution in [0.5, 0.6) is 5.75 Å². The topological polar surface area (TPSA) is 45.7 Å². The normalized spacial score (nSPS) is 10.9. The van der Waals surface area contributed by atoms with Crippen LogP contribution in [-0.4, -0.2) is 19.1 Å². The molecule has 0 atom stereocenters. The van der Waals surface area contributed by atoms with E-state index in [1.165, 1.54) is 10.4 Å². The first-order chi connectivity index (χ1) is 11.2. The fourth-order valence-electron chi connectivity index (χ4n) is 2.16.